The number of ether oxygens (including phenoxy) is 5. The largest absolute Gasteiger partial charge is 0.496 e. The highest BCUT2D eigenvalue weighted by Gasteiger charge is 2.12. The Labute approximate surface area is 204 Å². The van der Waals surface area contributed by atoms with E-state index in [4.69, 9.17) is 23.7 Å². The lowest BCUT2D eigenvalue weighted by Gasteiger charge is -2.09. The van der Waals surface area contributed by atoms with Crippen molar-refractivity contribution in [2.24, 2.45) is 0 Å². The van der Waals surface area contributed by atoms with E-state index >= 15 is 0 Å². The van der Waals surface area contributed by atoms with Crippen LogP contribution in [0.25, 0.3) is 0 Å². The Morgan fingerprint density at radius 2 is 1.06 bits per heavy atom. The molecule has 0 saturated heterocycles. The van der Waals surface area contributed by atoms with Gasteiger partial charge in [0.15, 0.2) is 11.5 Å². The molecule has 0 aliphatic heterocycles. The molecule has 0 bridgehead atoms. The fourth-order valence-corrected chi connectivity index (χ4v) is 3.23. The Bertz CT molecular complexity index is 1370. The Balaban J connectivity index is 2.02. The minimum Gasteiger partial charge on any atom is -0.496 e. The highest BCUT2D eigenvalue weighted by atomic mass is 16.5. The maximum Gasteiger partial charge on any atom is 0.339 e. The minimum atomic E-state index is -1.07. The van der Waals surface area contributed by atoms with E-state index in [9.17, 15) is 9.90 Å². The van der Waals surface area contributed by atoms with Gasteiger partial charge in [-0.1, -0.05) is 23.7 Å². The van der Waals surface area contributed by atoms with Crippen LogP contribution in [0.5, 0.6) is 28.7 Å². The third kappa shape index (κ3) is 5.79. The quantitative estimate of drug-likeness (QED) is 0.538. The van der Waals surface area contributed by atoms with Crippen LogP contribution in [0.4, 0.5) is 0 Å². The maximum absolute atomic E-state index is 11.3. The normalized spacial score (nSPS) is 9.63. The van der Waals surface area contributed by atoms with E-state index in [1.54, 1.807) is 64.8 Å². The van der Waals surface area contributed by atoms with Crippen LogP contribution in [-0.2, 0) is 0 Å². The van der Waals surface area contributed by atoms with Crippen LogP contribution in [-0.4, -0.2) is 46.6 Å². The molecule has 3 aromatic rings. The molecule has 0 atom stereocenters. The zero-order chi connectivity index (χ0) is 25.4. The van der Waals surface area contributed by atoms with Crippen molar-refractivity contribution in [3.8, 4) is 52.4 Å². The Hall–Kier alpha value is -4.75. The molecule has 7 nitrogen and oxygen atoms in total. The number of carbonyl (C=O) groups is 1. The molecule has 0 saturated carbocycles. The van der Waals surface area contributed by atoms with Gasteiger partial charge in [0, 0.05) is 17.2 Å². The molecule has 0 radical (unpaired) electrons. The van der Waals surface area contributed by atoms with Gasteiger partial charge in [-0.25, -0.2) is 4.79 Å². The second kappa shape index (κ2) is 11.4. The van der Waals surface area contributed by atoms with Crippen molar-refractivity contribution in [2.75, 3.05) is 35.5 Å². The van der Waals surface area contributed by atoms with E-state index in [2.05, 4.69) is 23.7 Å². The van der Waals surface area contributed by atoms with Crippen LogP contribution in [0.2, 0.25) is 0 Å². The Kier molecular flexibility index (Phi) is 8.11. The first-order valence-electron chi connectivity index (χ1n) is 10.4. The fraction of sp³-hybridized carbons (Fsp3) is 0.179. The number of aromatic carboxylic acids is 1. The minimum absolute atomic E-state index is 0.0628. The summed E-state index contributed by atoms with van der Waals surface area (Å²) in [5.74, 6) is 13.7. The third-order valence-electron chi connectivity index (χ3n) is 5.02. The number of rotatable bonds is 6. The number of carboxylic acid groups (broad SMARTS) is 1. The first kappa shape index (κ1) is 24.9. The summed E-state index contributed by atoms with van der Waals surface area (Å²) in [5, 5.41) is 9.26. The van der Waals surface area contributed by atoms with Gasteiger partial charge in [0.25, 0.3) is 0 Å². The number of carboxylic acids is 1. The molecule has 0 fully saturated rings. The van der Waals surface area contributed by atoms with Gasteiger partial charge in [0.2, 0.25) is 0 Å². The maximum atomic E-state index is 11.3. The summed E-state index contributed by atoms with van der Waals surface area (Å²) in [5.41, 5.74) is 2.59. The van der Waals surface area contributed by atoms with Crippen LogP contribution in [0.3, 0.4) is 0 Å². The molecule has 3 aromatic carbocycles. The van der Waals surface area contributed by atoms with E-state index < -0.39 is 5.97 Å². The summed E-state index contributed by atoms with van der Waals surface area (Å²) in [6, 6.07) is 13.6. The van der Waals surface area contributed by atoms with Crippen molar-refractivity contribution in [3.05, 3.63) is 76.3 Å². The second-order valence-corrected chi connectivity index (χ2v) is 7.04. The van der Waals surface area contributed by atoms with E-state index in [1.165, 1.54) is 13.2 Å². The van der Waals surface area contributed by atoms with Gasteiger partial charge in [-0.05, 0) is 42.5 Å². The highest BCUT2D eigenvalue weighted by Crippen LogP contribution is 2.30. The molecule has 1 N–H and O–H groups in total. The molecule has 0 spiro atoms. The van der Waals surface area contributed by atoms with Gasteiger partial charge in [0.1, 0.15) is 22.8 Å². The molecular formula is C28H24O7. The standard InChI is InChI=1S/C28H24O7/c1-31-23-13-9-19(15-27(23)35-5)7-11-21-16-20(24(32-2)17-25(21)33-3)10-6-18-8-12-22(28(29)30)26(14-18)34-4/h8-9,12-17H,1-5H3,(H,29,30). The Morgan fingerprint density at radius 1 is 0.571 bits per heavy atom. The van der Waals surface area contributed by atoms with Crippen molar-refractivity contribution in [2.45, 2.75) is 0 Å². The zero-order valence-corrected chi connectivity index (χ0v) is 20.0. The molecule has 0 aliphatic rings. The average Bonchev–Trinajstić information content (AvgIpc) is 2.89. The SMILES string of the molecule is COc1cc(OC)c(C#Cc2ccc(C(=O)O)c(OC)c2)cc1C#Cc1ccc(OC)c(OC)c1. The van der Waals surface area contributed by atoms with Gasteiger partial charge in [-0.15, -0.1) is 0 Å². The van der Waals surface area contributed by atoms with Gasteiger partial charge >= 0.3 is 5.97 Å². The number of benzene rings is 3. The monoisotopic (exact) mass is 472 g/mol. The molecule has 0 aromatic heterocycles. The van der Waals surface area contributed by atoms with Gasteiger partial charge in [-0.3, -0.25) is 0 Å². The third-order valence-corrected chi connectivity index (χ3v) is 5.02. The van der Waals surface area contributed by atoms with Crippen molar-refractivity contribution >= 4 is 5.97 Å². The van der Waals surface area contributed by atoms with Crippen LogP contribution in [0.1, 0.15) is 32.6 Å². The van der Waals surface area contributed by atoms with E-state index in [1.807, 2.05) is 6.07 Å². The van der Waals surface area contributed by atoms with Gasteiger partial charge in [-0.2, -0.15) is 0 Å². The van der Waals surface area contributed by atoms with Crippen LogP contribution < -0.4 is 23.7 Å². The predicted octanol–water partition coefficient (Wildman–Crippen LogP) is 4.23. The molecular weight excluding hydrogens is 448 g/mol. The summed E-state index contributed by atoms with van der Waals surface area (Å²) in [6.45, 7) is 0. The average molecular weight is 472 g/mol. The smallest absolute Gasteiger partial charge is 0.339 e. The number of hydrogen-bond acceptors (Lipinski definition) is 6. The van der Waals surface area contributed by atoms with Crippen LogP contribution >= 0.6 is 0 Å². The van der Waals surface area contributed by atoms with Crippen molar-refractivity contribution in [1.29, 1.82) is 0 Å². The van der Waals surface area contributed by atoms with Gasteiger partial charge in [0.05, 0.1) is 46.7 Å². The van der Waals surface area contributed by atoms with E-state index in [0.717, 1.165) is 5.56 Å². The number of hydrogen-bond donors (Lipinski definition) is 1. The van der Waals surface area contributed by atoms with Gasteiger partial charge < -0.3 is 28.8 Å². The molecule has 7 heteroatoms. The first-order valence-corrected chi connectivity index (χ1v) is 10.4. The second-order valence-electron chi connectivity index (χ2n) is 7.04. The van der Waals surface area contributed by atoms with Crippen molar-refractivity contribution in [1.82, 2.24) is 0 Å². The lowest BCUT2D eigenvalue weighted by molar-refractivity contribution is 0.0693. The highest BCUT2D eigenvalue weighted by molar-refractivity contribution is 5.91. The molecule has 0 unspecified atom stereocenters. The summed E-state index contributed by atoms with van der Waals surface area (Å²) < 4.78 is 26.8. The lowest BCUT2D eigenvalue weighted by atomic mass is 10.1. The fourth-order valence-electron chi connectivity index (χ4n) is 3.23. The van der Waals surface area contributed by atoms with E-state index in [0.29, 0.717) is 39.7 Å². The Morgan fingerprint density at radius 3 is 1.54 bits per heavy atom. The lowest BCUT2D eigenvalue weighted by Crippen LogP contribution is -2.00. The molecule has 0 amide bonds. The first-order chi connectivity index (χ1) is 16.9. The van der Waals surface area contributed by atoms with Crippen LogP contribution in [0.15, 0.2) is 48.5 Å². The summed E-state index contributed by atoms with van der Waals surface area (Å²) in [4.78, 5) is 11.3. The number of methoxy groups -OCH3 is 5. The summed E-state index contributed by atoms with van der Waals surface area (Å²) in [7, 11) is 7.65. The van der Waals surface area contributed by atoms with Crippen molar-refractivity contribution in [3.63, 3.8) is 0 Å². The molecule has 3 rings (SSSR count). The molecule has 35 heavy (non-hydrogen) atoms. The molecule has 178 valence electrons. The molecule has 0 heterocycles. The van der Waals surface area contributed by atoms with Crippen LogP contribution in [0, 0.1) is 23.7 Å². The van der Waals surface area contributed by atoms with Crippen molar-refractivity contribution < 1.29 is 33.6 Å². The predicted molar refractivity (Wildman–Crippen MR) is 131 cm³/mol. The summed E-state index contributed by atoms with van der Waals surface area (Å²) in [6.07, 6.45) is 0. The molecule has 0 aliphatic carbocycles. The zero-order valence-electron chi connectivity index (χ0n) is 20.0. The summed E-state index contributed by atoms with van der Waals surface area (Å²) >= 11 is 0. The topological polar surface area (TPSA) is 83.5 Å². The van der Waals surface area contributed by atoms with E-state index in [-0.39, 0.29) is 11.3 Å².